The molecule has 3 rings (SSSR count). The van der Waals surface area contributed by atoms with Crippen molar-refractivity contribution in [3.63, 3.8) is 0 Å². The quantitative estimate of drug-likeness (QED) is 0.748. The van der Waals surface area contributed by atoms with E-state index in [0.717, 1.165) is 48.3 Å². The summed E-state index contributed by atoms with van der Waals surface area (Å²) >= 11 is 4.50. The fraction of sp³-hybridized carbons (Fsp3) is 0.412. The lowest BCUT2D eigenvalue weighted by Gasteiger charge is -2.34. The summed E-state index contributed by atoms with van der Waals surface area (Å²) in [5.74, 6) is 0.927. The van der Waals surface area contributed by atoms with Crippen LogP contribution in [-0.2, 0) is 16.3 Å². The van der Waals surface area contributed by atoms with E-state index < -0.39 is 6.72 Å². The van der Waals surface area contributed by atoms with Gasteiger partial charge in [-0.25, -0.2) is 0 Å². The van der Waals surface area contributed by atoms with Gasteiger partial charge in [-0.05, 0) is 48.8 Å². The number of anilines is 1. The minimum atomic E-state index is -3.61. The third-order valence-corrected chi connectivity index (χ3v) is 5.38. The third kappa shape index (κ3) is 4.32. The standard InChI is InChI=1S/C17H20N3O4PS/c1-23-14-2-3-16-15(8-14)17(13(9-18)10-19-16)20-6-4-12(5-7-20)11-24-25(21,22)26/h2-3,8,10,12H,4-7,11H2,1H3,(H2,21,22,26). The van der Waals surface area contributed by atoms with Crippen LogP contribution in [0, 0.1) is 17.2 Å². The maximum atomic E-state index is 9.53. The van der Waals surface area contributed by atoms with E-state index in [4.69, 9.17) is 9.26 Å². The van der Waals surface area contributed by atoms with Gasteiger partial charge >= 0.3 is 6.72 Å². The lowest BCUT2D eigenvalue weighted by atomic mass is 9.96. The highest BCUT2D eigenvalue weighted by atomic mass is 32.5. The third-order valence-electron chi connectivity index (χ3n) is 4.58. The minimum absolute atomic E-state index is 0.209. The molecule has 0 unspecified atom stereocenters. The number of nitrogens with zero attached hydrogens (tertiary/aromatic N) is 3. The van der Waals surface area contributed by atoms with Crippen molar-refractivity contribution >= 4 is 35.1 Å². The van der Waals surface area contributed by atoms with Gasteiger partial charge in [-0.3, -0.25) is 4.98 Å². The molecule has 0 bridgehead atoms. The van der Waals surface area contributed by atoms with Gasteiger partial charge < -0.3 is 23.9 Å². The topological polar surface area (TPSA) is 98.8 Å². The number of piperidine rings is 1. The molecule has 0 saturated carbocycles. The minimum Gasteiger partial charge on any atom is -0.497 e. The molecule has 2 heterocycles. The summed E-state index contributed by atoms with van der Waals surface area (Å²) in [7, 11) is 1.61. The Morgan fingerprint density at radius 3 is 2.73 bits per heavy atom. The number of rotatable bonds is 5. The summed E-state index contributed by atoms with van der Waals surface area (Å²) in [6.45, 7) is -1.89. The zero-order chi connectivity index (χ0) is 18.7. The SMILES string of the molecule is COc1ccc2ncc(C#N)c(N3CCC(COP(O)(O)=S)CC3)c2c1. The number of pyridine rings is 1. The molecule has 0 spiro atoms. The van der Waals surface area contributed by atoms with Crippen molar-refractivity contribution in [1.82, 2.24) is 4.98 Å². The summed E-state index contributed by atoms with van der Waals surface area (Å²) in [5, 5.41) is 10.4. The molecule has 2 aromatic rings. The summed E-state index contributed by atoms with van der Waals surface area (Å²) in [6, 6.07) is 7.87. The average Bonchev–Trinajstić information content (AvgIpc) is 2.64. The molecule has 1 aromatic heterocycles. The first-order valence-electron chi connectivity index (χ1n) is 8.23. The Morgan fingerprint density at radius 1 is 1.38 bits per heavy atom. The molecule has 0 amide bonds. The molecule has 1 aliphatic heterocycles. The van der Waals surface area contributed by atoms with Crippen LogP contribution in [0.3, 0.4) is 0 Å². The van der Waals surface area contributed by atoms with Gasteiger partial charge in [0.25, 0.3) is 0 Å². The summed E-state index contributed by atoms with van der Waals surface area (Å²) in [4.78, 5) is 25.0. The van der Waals surface area contributed by atoms with Gasteiger partial charge in [0, 0.05) is 24.7 Å². The fourth-order valence-electron chi connectivity index (χ4n) is 3.23. The largest absolute Gasteiger partial charge is 0.497 e. The normalized spacial score (nSPS) is 15.8. The molecule has 26 heavy (non-hydrogen) atoms. The zero-order valence-corrected chi connectivity index (χ0v) is 16.0. The number of ether oxygens (including phenoxy) is 1. The smallest absolute Gasteiger partial charge is 0.321 e. The highest BCUT2D eigenvalue weighted by Crippen LogP contribution is 2.39. The molecule has 0 radical (unpaired) electrons. The van der Waals surface area contributed by atoms with Crippen molar-refractivity contribution in [2.24, 2.45) is 5.92 Å². The molecule has 138 valence electrons. The Balaban J connectivity index is 1.84. The van der Waals surface area contributed by atoms with Crippen LogP contribution in [0.5, 0.6) is 5.75 Å². The number of hydrogen-bond acceptors (Lipinski definition) is 6. The number of aromatic nitrogens is 1. The van der Waals surface area contributed by atoms with Crippen molar-refractivity contribution in [3.8, 4) is 11.8 Å². The van der Waals surface area contributed by atoms with Crippen LogP contribution in [0.2, 0.25) is 0 Å². The van der Waals surface area contributed by atoms with Crippen LogP contribution in [0.15, 0.2) is 24.4 Å². The summed E-state index contributed by atoms with van der Waals surface area (Å²) < 4.78 is 10.3. The number of methoxy groups -OCH3 is 1. The molecular formula is C17H20N3O4PS. The van der Waals surface area contributed by atoms with E-state index in [9.17, 15) is 15.0 Å². The van der Waals surface area contributed by atoms with E-state index >= 15 is 0 Å². The molecule has 2 N–H and O–H groups in total. The number of hydrogen-bond donors (Lipinski definition) is 2. The molecule has 0 atom stereocenters. The first kappa shape index (κ1) is 19.0. The molecule has 1 aliphatic rings. The predicted octanol–water partition coefficient (Wildman–Crippen LogP) is 2.56. The monoisotopic (exact) mass is 393 g/mol. The van der Waals surface area contributed by atoms with Gasteiger partial charge in [0.15, 0.2) is 0 Å². The van der Waals surface area contributed by atoms with Crippen LogP contribution >= 0.6 is 6.72 Å². The van der Waals surface area contributed by atoms with E-state index in [1.165, 1.54) is 0 Å². The Morgan fingerprint density at radius 2 is 2.12 bits per heavy atom. The van der Waals surface area contributed by atoms with Crippen molar-refractivity contribution in [2.45, 2.75) is 12.8 Å². The molecule has 1 saturated heterocycles. The average molecular weight is 393 g/mol. The van der Waals surface area contributed by atoms with Crippen molar-refractivity contribution in [3.05, 3.63) is 30.0 Å². The lowest BCUT2D eigenvalue weighted by molar-refractivity contribution is 0.191. The number of benzene rings is 1. The molecule has 0 aliphatic carbocycles. The fourth-order valence-corrected chi connectivity index (χ4v) is 3.82. The van der Waals surface area contributed by atoms with Gasteiger partial charge in [-0.15, -0.1) is 0 Å². The first-order valence-corrected chi connectivity index (χ1v) is 10.9. The Labute approximate surface area is 157 Å². The van der Waals surface area contributed by atoms with Gasteiger partial charge in [0.05, 0.1) is 30.5 Å². The number of nitriles is 1. The van der Waals surface area contributed by atoms with Crippen LogP contribution in [-0.4, -0.2) is 41.6 Å². The Kier molecular flexibility index (Phi) is 5.76. The van der Waals surface area contributed by atoms with Crippen LogP contribution < -0.4 is 9.64 Å². The van der Waals surface area contributed by atoms with Crippen LogP contribution in [0.1, 0.15) is 18.4 Å². The molecular weight excluding hydrogens is 373 g/mol. The molecule has 1 aromatic carbocycles. The van der Waals surface area contributed by atoms with Gasteiger partial charge in [-0.1, -0.05) is 0 Å². The van der Waals surface area contributed by atoms with E-state index in [-0.39, 0.29) is 12.5 Å². The summed E-state index contributed by atoms with van der Waals surface area (Å²) in [5.41, 5.74) is 2.21. The Hall–Kier alpha value is -1.75. The predicted molar refractivity (Wildman–Crippen MR) is 103 cm³/mol. The molecule has 7 nitrogen and oxygen atoms in total. The highest BCUT2D eigenvalue weighted by Gasteiger charge is 2.24. The van der Waals surface area contributed by atoms with Crippen molar-refractivity contribution < 1.29 is 19.0 Å². The molecule has 9 heteroatoms. The van der Waals surface area contributed by atoms with Crippen LogP contribution in [0.4, 0.5) is 5.69 Å². The maximum Gasteiger partial charge on any atom is 0.321 e. The number of fused-ring (bicyclic) bond motifs is 1. The van der Waals surface area contributed by atoms with E-state index in [1.54, 1.807) is 13.3 Å². The van der Waals surface area contributed by atoms with Gasteiger partial charge in [-0.2, -0.15) is 5.26 Å². The van der Waals surface area contributed by atoms with Crippen LogP contribution in [0.25, 0.3) is 10.9 Å². The van der Waals surface area contributed by atoms with Crippen molar-refractivity contribution in [2.75, 3.05) is 31.7 Å². The first-order chi connectivity index (χ1) is 12.4. The lowest BCUT2D eigenvalue weighted by Crippen LogP contribution is -2.35. The second-order valence-electron chi connectivity index (χ2n) is 6.23. The van der Waals surface area contributed by atoms with Crippen molar-refractivity contribution in [1.29, 1.82) is 5.26 Å². The van der Waals surface area contributed by atoms with E-state index in [1.807, 2.05) is 18.2 Å². The van der Waals surface area contributed by atoms with Gasteiger partial charge in [0.2, 0.25) is 0 Å². The maximum absolute atomic E-state index is 9.53. The van der Waals surface area contributed by atoms with E-state index in [2.05, 4.69) is 27.8 Å². The van der Waals surface area contributed by atoms with Gasteiger partial charge in [0.1, 0.15) is 11.8 Å². The van der Waals surface area contributed by atoms with E-state index in [0.29, 0.717) is 5.56 Å². The second kappa shape index (κ2) is 7.87. The zero-order valence-electron chi connectivity index (χ0n) is 14.3. The second-order valence-corrected chi connectivity index (χ2v) is 8.90. The summed E-state index contributed by atoms with van der Waals surface area (Å²) in [6.07, 6.45) is 3.23. The highest BCUT2D eigenvalue weighted by molar-refractivity contribution is 8.06. The Bertz CT molecular complexity index is 887. The molecule has 1 fully saturated rings.